The van der Waals surface area contributed by atoms with Crippen molar-refractivity contribution in [3.05, 3.63) is 135 Å². The average Bonchev–Trinajstić information content (AvgIpc) is 3.80. The van der Waals surface area contributed by atoms with E-state index in [-0.39, 0.29) is 0 Å². The second kappa shape index (κ2) is 12.0. The molecular weight excluding hydrogens is 681 g/mol. The van der Waals surface area contributed by atoms with Gasteiger partial charge in [-0.15, -0.1) is 45.3 Å². The first-order valence-electron chi connectivity index (χ1n) is 17.5. The Kier molecular flexibility index (Phi) is 8.08. The van der Waals surface area contributed by atoms with Crippen LogP contribution in [0.1, 0.15) is 86.3 Å². The van der Waals surface area contributed by atoms with E-state index in [0.29, 0.717) is 0 Å². The van der Waals surface area contributed by atoms with Crippen LogP contribution in [0.25, 0.3) is 51.5 Å². The summed E-state index contributed by atoms with van der Waals surface area (Å²) in [6, 6.07) is 18.7. The van der Waals surface area contributed by atoms with E-state index in [4.69, 9.17) is 0 Å². The number of rotatable bonds is 4. The molecule has 0 aliphatic rings. The highest BCUT2D eigenvalue weighted by atomic mass is 32.1. The Morgan fingerprint density at radius 2 is 0.500 bits per heavy atom. The van der Waals surface area contributed by atoms with E-state index in [9.17, 15) is 0 Å². The second-order valence-corrected chi connectivity index (χ2v) is 19.4. The van der Waals surface area contributed by atoms with Gasteiger partial charge in [0.2, 0.25) is 0 Å². The Morgan fingerprint density at radius 3 is 0.700 bits per heavy atom. The van der Waals surface area contributed by atoms with Crippen LogP contribution in [0.2, 0.25) is 0 Å². The lowest BCUT2D eigenvalue weighted by Crippen LogP contribution is -2.02. The van der Waals surface area contributed by atoms with Crippen molar-refractivity contribution < 1.29 is 0 Å². The molecule has 4 heteroatoms. The first-order chi connectivity index (χ1) is 23.8. The summed E-state index contributed by atoms with van der Waals surface area (Å²) in [6.45, 7) is 28.0. The predicted octanol–water partition coefficient (Wildman–Crippen LogP) is 15.3. The van der Waals surface area contributed by atoms with Crippen molar-refractivity contribution in [2.45, 2.75) is 83.1 Å². The molecule has 8 aromatic rings. The summed E-state index contributed by atoms with van der Waals surface area (Å²) in [5.74, 6) is 0. The monoisotopic (exact) mass is 724 g/mol. The molecule has 0 radical (unpaired) electrons. The molecule has 0 saturated heterocycles. The lowest BCUT2D eigenvalue weighted by molar-refractivity contribution is 1.36. The molecule has 4 heterocycles. The molecule has 0 atom stereocenters. The fraction of sp³-hybridized carbons (Fsp3) is 0.261. The zero-order chi connectivity index (χ0) is 35.5. The Morgan fingerprint density at radius 1 is 0.300 bits per heavy atom. The van der Waals surface area contributed by atoms with E-state index in [1.54, 1.807) is 0 Å². The maximum atomic E-state index is 2.37. The highest BCUT2D eigenvalue weighted by Gasteiger charge is 2.32. The first kappa shape index (κ1) is 33.6. The highest BCUT2D eigenvalue weighted by molar-refractivity contribution is 7.21. The van der Waals surface area contributed by atoms with Gasteiger partial charge in [-0.3, -0.25) is 0 Å². The molecule has 0 fully saturated rings. The van der Waals surface area contributed by atoms with Gasteiger partial charge in [0.1, 0.15) is 0 Å². The van der Waals surface area contributed by atoms with Gasteiger partial charge < -0.3 is 0 Å². The van der Waals surface area contributed by atoms with E-state index < -0.39 is 0 Å². The molecule has 252 valence electrons. The minimum Gasteiger partial charge on any atom is -0.140 e. The third-order valence-corrected chi connectivity index (χ3v) is 15.8. The number of fused-ring (bicyclic) bond motifs is 4. The molecule has 4 aromatic carbocycles. The molecule has 0 saturated carbocycles. The van der Waals surface area contributed by atoms with Crippen LogP contribution in [-0.2, 0) is 0 Å². The van der Waals surface area contributed by atoms with Gasteiger partial charge in [0.25, 0.3) is 0 Å². The molecule has 0 N–H and O–H groups in total. The summed E-state index contributed by atoms with van der Waals surface area (Å²) < 4.78 is 5.50. The van der Waals surface area contributed by atoms with Gasteiger partial charge in [-0.05, 0) is 152 Å². The quantitative estimate of drug-likeness (QED) is 0.170. The van der Waals surface area contributed by atoms with Crippen molar-refractivity contribution in [2.24, 2.45) is 0 Å². The fourth-order valence-electron chi connectivity index (χ4n) is 8.27. The van der Waals surface area contributed by atoms with Crippen LogP contribution in [0, 0.1) is 83.1 Å². The van der Waals surface area contributed by atoms with Gasteiger partial charge in [-0.25, -0.2) is 0 Å². The summed E-state index contributed by atoms with van der Waals surface area (Å²) in [4.78, 5) is 5.56. The average molecular weight is 725 g/mol. The number of hydrogen-bond donors (Lipinski definition) is 0. The van der Waals surface area contributed by atoms with E-state index in [2.05, 4.69) is 132 Å². The molecular formula is C46H44S4. The molecule has 0 amide bonds. The number of aryl methyl sites for hydroxylation is 12. The molecule has 0 bridgehead atoms. The van der Waals surface area contributed by atoms with Crippen molar-refractivity contribution in [3.8, 4) is 0 Å². The van der Waals surface area contributed by atoms with Crippen molar-refractivity contribution in [1.82, 2.24) is 0 Å². The summed E-state index contributed by atoms with van der Waals surface area (Å²) in [5, 5.41) is 5.66. The summed E-state index contributed by atoms with van der Waals surface area (Å²) in [7, 11) is 0. The first-order valence-corrected chi connectivity index (χ1v) is 20.8. The lowest BCUT2D eigenvalue weighted by atomic mass is 9.80. The van der Waals surface area contributed by atoms with Crippen molar-refractivity contribution in [1.29, 1.82) is 0 Å². The third kappa shape index (κ3) is 4.79. The van der Waals surface area contributed by atoms with E-state index in [1.807, 2.05) is 45.3 Å². The van der Waals surface area contributed by atoms with Gasteiger partial charge in [-0.2, -0.15) is 0 Å². The molecule has 4 aromatic heterocycles. The Bertz CT molecular complexity index is 2380. The Hall–Kier alpha value is -3.54. The van der Waals surface area contributed by atoms with E-state index in [1.165, 1.54) is 138 Å². The molecule has 0 nitrogen and oxygen atoms in total. The van der Waals surface area contributed by atoms with Gasteiger partial charge in [0, 0.05) is 93.3 Å². The number of benzene rings is 4. The molecule has 8 rings (SSSR count). The largest absolute Gasteiger partial charge is 0.140 e. The maximum absolute atomic E-state index is 2.37. The Labute approximate surface area is 312 Å². The number of thiophene rings is 4. The van der Waals surface area contributed by atoms with Crippen molar-refractivity contribution >= 4 is 96.8 Å². The minimum atomic E-state index is 1.35. The Balaban J connectivity index is 1.76. The molecule has 50 heavy (non-hydrogen) atoms. The lowest BCUT2D eigenvalue weighted by Gasteiger charge is -2.22. The summed E-state index contributed by atoms with van der Waals surface area (Å²) >= 11 is 7.84. The SMILES string of the molecule is Cc1ccc2sc(C)c(C(=C(c3c(C)sc4ccc(C)c(C)c34)c3c(C)sc4ccc(C)c(C)c34)c3c(C)sc4ccc(C)c(C)c34)c2c1C. The highest BCUT2D eigenvalue weighted by Crippen LogP contribution is 2.55. The standard InChI is InChI=1S/C46H44S4/c1-21-13-17-33-37(25(21)5)41(29(9)47-33)45(42-30(10)48-34-18-14-22(2)26(6)38(34)42)46(43-31(11)49-35-19-15-23(3)27(7)39(35)43)44-32(12)50-36-20-16-24(4)28(8)40(36)44/h13-20H,1-12H3. The molecule has 0 aliphatic heterocycles. The zero-order valence-electron chi connectivity index (χ0n) is 31.3. The van der Waals surface area contributed by atoms with Gasteiger partial charge in [0.05, 0.1) is 0 Å². The van der Waals surface area contributed by atoms with Gasteiger partial charge >= 0.3 is 0 Å². The second-order valence-electron chi connectivity index (χ2n) is 14.4. The number of hydrogen-bond acceptors (Lipinski definition) is 4. The van der Waals surface area contributed by atoms with Crippen LogP contribution in [0.4, 0.5) is 0 Å². The van der Waals surface area contributed by atoms with Crippen LogP contribution >= 0.6 is 45.3 Å². The van der Waals surface area contributed by atoms with Crippen LogP contribution in [0.15, 0.2) is 48.5 Å². The normalized spacial score (nSPS) is 12.0. The van der Waals surface area contributed by atoms with Crippen LogP contribution in [-0.4, -0.2) is 0 Å². The maximum Gasteiger partial charge on any atom is 0.0354 e. The summed E-state index contributed by atoms with van der Waals surface area (Å²) in [6.07, 6.45) is 0. The summed E-state index contributed by atoms with van der Waals surface area (Å²) in [5.41, 5.74) is 19.4. The van der Waals surface area contributed by atoms with Crippen molar-refractivity contribution in [2.75, 3.05) is 0 Å². The van der Waals surface area contributed by atoms with E-state index >= 15 is 0 Å². The third-order valence-electron chi connectivity index (χ3n) is 11.5. The van der Waals surface area contributed by atoms with Gasteiger partial charge in [0.15, 0.2) is 0 Å². The molecule has 0 aliphatic carbocycles. The van der Waals surface area contributed by atoms with Gasteiger partial charge in [-0.1, -0.05) is 24.3 Å². The zero-order valence-corrected chi connectivity index (χ0v) is 34.5. The fourth-order valence-corrected chi connectivity index (χ4v) is 12.8. The predicted molar refractivity (Wildman–Crippen MR) is 229 cm³/mol. The minimum absolute atomic E-state index is 1.35. The topological polar surface area (TPSA) is 0 Å². The van der Waals surface area contributed by atoms with Crippen LogP contribution < -0.4 is 0 Å². The molecule has 0 spiro atoms. The van der Waals surface area contributed by atoms with Crippen LogP contribution in [0.3, 0.4) is 0 Å². The van der Waals surface area contributed by atoms with E-state index in [0.717, 1.165) is 0 Å². The van der Waals surface area contributed by atoms with Crippen LogP contribution in [0.5, 0.6) is 0 Å². The van der Waals surface area contributed by atoms with Crippen molar-refractivity contribution in [3.63, 3.8) is 0 Å². The smallest absolute Gasteiger partial charge is 0.0354 e. The molecule has 0 unspecified atom stereocenters.